The van der Waals surface area contributed by atoms with Crippen molar-refractivity contribution in [2.45, 2.75) is 79.6 Å². The molecule has 2 nitrogen and oxygen atoms in total. The number of hydrogen-bond acceptors (Lipinski definition) is 2. The molecule has 0 radical (unpaired) electrons. The van der Waals surface area contributed by atoms with Crippen molar-refractivity contribution >= 4 is 5.97 Å². The Morgan fingerprint density at radius 1 is 1.04 bits per heavy atom. The first-order chi connectivity index (χ1) is 10.2. The van der Waals surface area contributed by atoms with Crippen LogP contribution in [0.5, 0.6) is 5.75 Å². The Hall–Kier alpha value is -1.31. The molecular formula is C21H32O2. The number of carbonyl (C=O) groups is 1. The van der Waals surface area contributed by atoms with Crippen LogP contribution < -0.4 is 4.74 Å². The minimum atomic E-state index is -0.0742. The van der Waals surface area contributed by atoms with Crippen LogP contribution in [-0.4, -0.2) is 5.97 Å². The van der Waals surface area contributed by atoms with Gasteiger partial charge in [-0.3, -0.25) is 4.79 Å². The van der Waals surface area contributed by atoms with Crippen LogP contribution in [0.4, 0.5) is 0 Å². The summed E-state index contributed by atoms with van der Waals surface area (Å²) >= 11 is 0. The second-order valence-electron chi connectivity index (χ2n) is 9.86. The Labute approximate surface area is 141 Å². The van der Waals surface area contributed by atoms with E-state index in [1.165, 1.54) is 5.56 Å². The largest absolute Gasteiger partial charge is 0.426 e. The van der Waals surface area contributed by atoms with E-state index >= 15 is 0 Å². The minimum absolute atomic E-state index is 0.0319. The van der Waals surface area contributed by atoms with Crippen molar-refractivity contribution in [3.63, 3.8) is 0 Å². The van der Waals surface area contributed by atoms with Gasteiger partial charge in [0.15, 0.2) is 0 Å². The molecule has 1 atom stereocenters. The third-order valence-electron chi connectivity index (χ3n) is 4.85. The van der Waals surface area contributed by atoms with Gasteiger partial charge in [0.2, 0.25) is 0 Å². The highest BCUT2D eigenvalue weighted by Gasteiger charge is 2.52. The minimum Gasteiger partial charge on any atom is -0.426 e. The monoisotopic (exact) mass is 316 g/mol. The molecule has 0 N–H and O–H groups in total. The highest BCUT2D eigenvalue weighted by atomic mass is 16.5. The van der Waals surface area contributed by atoms with Crippen LogP contribution in [0.2, 0.25) is 0 Å². The number of esters is 1. The summed E-state index contributed by atoms with van der Waals surface area (Å²) in [5.74, 6) is 0.739. The van der Waals surface area contributed by atoms with Gasteiger partial charge < -0.3 is 4.74 Å². The standard InChI is InChI=1S/C21H32O2/c1-13-10-14(19(2,3)4)17(15(11-13)20(5,6)7)23-18(22)16-12-21(16,8)9/h10-11,16H,12H2,1-9H3. The maximum Gasteiger partial charge on any atom is 0.314 e. The van der Waals surface area contributed by atoms with Gasteiger partial charge in [-0.05, 0) is 29.6 Å². The number of rotatable bonds is 2. The molecule has 1 saturated carbocycles. The van der Waals surface area contributed by atoms with Crippen LogP contribution in [0.25, 0.3) is 0 Å². The summed E-state index contributed by atoms with van der Waals surface area (Å²) in [6.07, 6.45) is 0.924. The van der Waals surface area contributed by atoms with E-state index in [-0.39, 0.29) is 28.1 Å². The van der Waals surface area contributed by atoms with Crippen LogP contribution in [-0.2, 0) is 15.6 Å². The molecule has 128 valence electrons. The number of aryl methyl sites for hydroxylation is 1. The lowest BCUT2D eigenvalue weighted by Gasteiger charge is -2.30. The van der Waals surface area contributed by atoms with E-state index in [1.54, 1.807) is 0 Å². The Morgan fingerprint density at radius 3 is 1.74 bits per heavy atom. The third-order valence-corrected chi connectivity index (χ3v) is 4.85. The van der Waals surface area contributed by atoms with E-state index in [1.807, 2.05) is 0 Å². The second kappa shape index (κ2) is 5.36. The lowest BCUT2D eigenvalue weighted by Crippen LogP contribution is -2.23. The van der Waals surface area contributed by atoms with Crippen molar-refractivity contribution < 1.29 is 9.53 Å². The van der Waals surface area contributed by atoms with Crippen LogP contribution in [0.1, 0.15) is 78.5 Å². The zero-order chi connectivity index (χ0) is 17.8. The molecule has 23 heavy (non-hydrogen) atoms. The third kappa shape index (κ3) is 3.79. The van der Waals surface area contributed by atoms with E-state index in [9.17, 15) is 4.79 Å². The first kappa shape index (κ1) is 18.0. The molecule has 0 spiro atoms. The van der Waals surface area contributed by atoms with E-state index in [4.69, 9.17) is 4.74 Å². The van der Waals surface area contributed by atoms with E-state index in [0.29, 0.717) is 0 Å². The lowest BCUT2D eigenvalue weighted by atomic mass is 9.78. The molecule has 0 saturated heterocycles. The fraction of sp³-hybridized carbons (Fsp3) is 0.667. The smallest absolute Gasteiger partial charge is 0.314 e. The van der Waals surface area contributed by atoms with Crippen LogP contribution in [0, 0.1) is 18.3 Å². The second-order valence-corrected chi connectivity index (χ2v) is 9.86. The van der Waals surface area contributed by atoms with Gasteiger partial charge in [-0.25, -0.2) is 0 Å². The zero-order valence-corrected chi connectivity index (χ0v) is 16.3. The molecule has 1 aromatic rings. The van der Waals surface area contributed by atoms with Crippen molar-refractivity contribution in [1.82, 2.24) is 0 Å². The lowest BCUT2D eigenvalue weighted by molar-refractivity contribution is -0.136. The summed E-state index contributed by atoms with van der Waals surface area (Å²) in [6.45, 7) is 19.4. The summed E-state index contributed by atoms with van der Waals surface area (Å²) in [5, 5.41) is 0. The van der Waals surface area contributed by atoms with Gasteiger partial charge in [-0.2, -0.15) is 0 Å². The zero-order valence-electron chi connectivity index (χ0n) is 16.3. The predicted octanol–water partition coefficient (Wildman–Crippen LogP) is 5.54. The fourth-order valence-corrected chi connectivity index (χ4v) is 3.04. The summed E-state index contributed by atoms with van der Waals surface area (Å²) in [4.78, 5) is 12.6. The number of benzene rings is 1. The molecule has 1 aromatic carbocycles. The van der Waals surface area contributed by atoms with Crippen molar-refractivity contribution in [2.75, 3.05) is 0 Å². The Morgan fingerprint density at radius 2 is 1.43 bits per heavy atom. The van der Waals surface area contributed by atoms with Crippen LogP contribution >= 0.6 is 0 Å². The summed E-state index contributed by atoms with van der Waals surface area (Å²) in [7, 11) is 0. The predicted molar refractivity (Wildman–Crippen MR) is 96.1 cm³/mol. The highest BCUT2D eigenvalue weighted by molar-refractivity contribution is 5.80. The fourth-order valence-electron chi connectivity index (χ4n) is 3.04. The topological polar surface area (TPSA) is 26.3 Å². The Kier molecular flexibility index (Phi) is 4.20. The summed E-state index contributed by atoms with van der Waals surface area (Å²) in [5.41, 5.74) is 3.40. The maximum atomic E-state index is 12.6. The number of hydrogen-bond donors (Lipinski definition) is 0. The van der Waals surface area contributed by atoms with Crippen molar-refractivity contribution in [2.24, 2.45) is 11.3 Å². The van der Waals surface area contributed by atoms with Gasteiger partial charge in [-0.1, -0.05) is 73.1 Å². The number of carbonyl (C=O) groups excluding carboxylic acids is 1. The van der Waals surface area contributed by atoms with Crippen molar-refractivity contribution in [3.05, 3.63) is 28.8 Å². The highest BCUT2D eigenvalue weighted by Crippen LogP contribution is 2.52. The molecule has 1 aliphatic rings. The summed E-state index contributed by atoms with van der Waals surface area (Å²) in [6, 6.07) is 4.33. The van der Waals surface area contributed by atoms with Gasteiger partial charge in [-0.15, -0.1) is 0 Å². The SMILES string of the molecule is Cc1cc(C(C)(C)C)c(OC(=O)C2CC2(C)C)c(C(C)(C)C)c1. The average molecular weight is 316 g/mol. The Bertz CT molecular complexity index is 589. The van der Waals surface area contributed by atoms with Gasteiger partial charge in [0.05, 0.1) is 5.92 Å². The van der Waals surface area contributed by atoms with E-state index in [0.717, 1.165) is 23.3 Å². The van der Waals surface area contributed by atoms with Gasteiger partial charge in [0, 0.05) is 11.1 Å². The van der Waals surface area contributed by atoms with Crippen LogP contribution in [0.3, 0.4) is 0 Å². The molecule has 0 bridgehead atoms. The van der Waals surface area contributed by atoms with Gasteiger partial charge >= 0.3 is 5.97 Å². The van der Waals surface area contributed by atoms with E-state index in [2.05, 4.69) is 74.4 Å². The Balaban J connectivity index is 2.52. The summed E-state index contributed by atoms with van der Waals surface area (Å²) < 4.78 is 6.01. The normalized spacial score (nSPS) is 20.3. The molecule has 0 aliphatic heterocycles. The quantitative estimate of drug-likeness (QED) is 0.529. The molecule has 0 aromatic heterocycles. The molecule has 2 heteroatoms. The molecule has 1 unspecified atom stereocenters. The molecular weight excluding hydrogens is 284 g/mol. The van der Waals surface area contributed by atoms with Crippen LogP contribution in [0.15, 0.2) is 12.1 Å². The molecule has 0 heterocycles. The molecule has 0 amide bonds. The first-order valence-electron chi connectivity index (χ1n) is 8.61. The van der Waals surface area contributed by atoms with Gasteiger partial charge in [0.1, 0.15) is 5.75 Å². The first-order valence-corrected chi connectivity index (χ1v) is 8.61. The van der Waals surface area contributed by atoms with Crippen molar-refractivity contribution in [3.8, 4) is 5.75 Å². The van der Waals surface area contributed by atoms with Crippen molar-refractivity contribution in [1.29, 1.82) is 0 Å². The number of ether oxygens (including phenoxy) is 1. The molecule has 1 fully saturated rings. The maximum absolute atomic E-state index is 12.6. The average Bonchev–Trinajstić information content (AvgIpc) is 2.97. The van der Waals surface area contributed by atoms with Gasteiger partial charge in [0.25, 0.3) is 0 Å². The molecule has 1 aliphatic carbocycles. The molecule has 2 rings (SSSR count). The van der Waals surface area contributed by atoms with E-state index < -0.39 is 0 Å².